The molecule has 0 spiro atoms. The molecule has 0 saturated carbocycles. The minimum absolute atomic E-state index is 0.0768. The van der Waals surface area contributed by atoms with Crippen LogP contribution in [0.3, 0.4) is 0 Å². The maximum absolute atomic E-state index is 14.6. The van der Waals surface area contributed by atoms with E-state index in [1.807, 2.05) is 32.0 Å². The Morgan fingerprint density at radius 3 is 2.09 bits per heavy atom. The molecule has 1 aliphatic heterocycles. The fraction of sp³-hybridized carbons (Fsp3) is 0.667. The van der Waals surface area contributed by atoms with Crippen LogP contribution in [0.25, 0.3) is 10.4 Å². The molecule has 0 bridgehead atoms. The lowest BCUT2D eigenvalue weighted by Gasteiger charge is -2.40. The highest BCUT2D eigenvalue weighted by Crippen LogP contribution is 2.47. The van der Waals surface area contributed by atoms with Crippen molar-refractivity contribution in [2.24, 2.45) is 34.7 Å². The van der Waals surface area contributed by atoms with Gasteiger partial charge in [-0.05, 0) is 86.2 Å². The Labute approximate surface area is 454 Å². The monoisotopic (exact) mass is 1100 g/mol. The summed E-state index contributed by atoms with van der Waals surface area (Å²) in [5, 5.41) is 32.4. The molecule has 23 heteroatoms. The third kappa shape index (κ3) is 19.2. The van der Waals surface area contributed by atoms with Gasteiger partial charge in [0.2, 0.25) is 23.6 Å². The lowest BCUT2D eigenvalue weighted by Crippen LogP contribution is -2.59. The Morgan fingerprint density at radius 2 is 1.53 bits per heavy atom. The van der Waals surface area contributed by atoms with Crippen LogP contribution in [-0.4, -0.2) is 162 Å². The zero-order valence-electron chi connectivity index (χ0n) is 47.0. The molecule has 1 heterocycles. The highest BCUT2D eigenvalue weighted by atomic mass is 31.2. The Bertz CT molecular complexity index is 2320. The standard InChI is InChI=1S/C54H86N9O13P/c1-13-35(6)47(43(74-11)30-44(64)63-29-27-41(31-63)49(75-12)36(7)50(66)57-37(8)48(65)39-21-17-14-18-22-39)61(9)53(69)45(33(2)3)59-52(68)46(34(4)5)62(10)77(72,73)76-32-42(54(70)71)58-51(67)40-25-23-38(24-26-40)20-16-15-19-28-56-60-55/h14,17-18,21-26,33-37,41-43,45-49,65H,13,15-16,19-20,27-32H2,1-12H3,(H,57,66)(H,58,67)(H,59,68)(H,70,71)(H,72,73)/t35-,36+,37+,41?,42-,43+,45-,46-,47-,48+,49+/m0/s1. The molecule has 77 heavy (non-hydrogen) atoms. The number of nitrogens with one attached hydrogen (secondary N) is 3. The van der Waals surface area contributed by atoms with Gasteiger partial charge in [0.15, 0.2) is 6.04 Å². The molecule has 12 atom stereocenters. The molecule has 1 saturated heterocycles. The molecule has 1 aliphatic rings. The highest BCUT2D eigenvalue weighted by molar-refractivity contribution is 7.50. The summed E-state index contributed by atoms with van der Waals surface area (Å²) in [7, 11) is 0.825. The minimum Gasteiger partial charge on any atom is -0.480 e. The first-order valence-electron chi connectivity index (χ1n) is 26.6. The van der Waals surface area contributed by atoms with E-state index in [9.17, 15) is 48.4 Å². The van der Waals surface area contributed by atoms with E-state index in [-0.39, 0.29) is 35.6 Å². The predicted octanol–water partition coefficient (Wildman–Crippen LogP) is 6.12. The number of carboxylic acids is 1. The summed E-state index contributed by atoms with van der Waals surface area (Å²) in [6.07, 6.45) is 2.05. The smallest absolute Gasteiger partial charge is 0.406 e. The van der Waals surface area contributed by atoms with Crippen molar-refractivity contribution in [2.75, 3.05) is 54.6 Å². The number of nitrogens with zero attached hydrogens (tertiary/aromatic N) is 6. The molecular formula is C54H86N9O13P. The quantitative estimate of drug-likeness (QED) is 0.0154. The van der Waals surface area contributed by atoms with Crippen LogP contribution in [-0.2, 0) is 49.0 Å². The van der Waals surface area contributed by atoms with Crippen molar-refractivity contribution >= 4 is 43.3 Å². The molecule has 0 radical (unpaired) electrons. The maximum atomic E-state index is 14.6. The predicted molar refractivity (Wildman–Crippen MR) is 291 cm³/mol. The number of aliphatic hydroxyl groups excluding tert-OH is 1. The van der Waals surface area contributed by atoms with Gasteiger partial charge in [0.1, 0.15) is 12.1 Å². The van der Waals surface area contributed by atoms with E-state index in [1.54, 1.807) is 77.8 Å². The number of aryl methyl sites for hydroxylation is 1. The summed E-state index contributed by atoms with van der Waals surface area (Å²) in [6, 6.07) is 10.1. The lowest BCUT2D eigenvalue weighted by molar-refractivity contribution is -0.146. The van der Waals surface area contributed by atoms with Gasteiger partial charge in [0.25, 0.3) is 5.91 Å². The van der Waals surface area contributed by atoms with Gasteiger partial charge < -0.3 is 50.3 Å². The SMILES string of the molecule is CC[C@H](C)[C@@H]([C@@H](CC(=O)N1CCC([C@H](OC)[C@@H](C)C(=O)N[C@H](C)[C@@H](O)c2ccccc2)C1)OC)N(C)C(=O)[C@@H](NC(=O)[C@H](C(C)C)N(C)P(=O)(O)OC[C@H](NC(=O)c1ccc(CCCCCN=[N+]=[N-])cc1)C(=O)O)C(C)C. The number of aliphatic carboxylic acids is 1. The van der Waals surface area contributed by atoms with Crippen molar-refractivity contribution in [1.29, 1.82) is 0 Å². The van der Waals surface area contributed by atoms with Gasteiger partial charge in [-0.3, -0.25) is 28.5 Å². The molecule has 22 nitrogen and oxygen atoms in total. The van der Waals surface area contributed by atoms with Crippen LogP contribution in [0.15, 0.2) is 59.7 Å². The maximum Gasteiger partial charge on any atom is 0.406 e. The second kappa shape index (κ2) is 31.8. The Kier molecular flexibility index (Phi) is 27.2. The van der Waals surface area contributed by atoms with Crippen molar-refractivity contribution < 1.29 is 62.4 Å². The minimum atomic E-state index is -4.95. The van der Waals surface area contributed by atoms with Crippen LogP contribution >= 0.6 is 7.75 Å². The zero-order chi connectivity index (χ0) is 57.7. The lowest BCUT2D eigenvalue weighted by atomic mass is 9.89. The number of unbranched alkanes of at least 4 members (excludes halogenated alkanes) is 2. The van der Waals surface area contributed by atoms with Crippen molar-refractivity contribution in [3.63, 3.8) is 0 Å². The molecule has 6 N–H and O–H groups in total. The van der Waals surface area contributed by atoms with Gasteiger partial charge in [-0.1, -0.05) is 109 Å². The van der Waals surface area contributed by atoms with Crippen molar-refractivity contribution in [3.8, 4) is 0 Å². The molecule has 2 aromatic carbocycles. The second-order valence-corrected chi connectivity index (χ2v) is 22.8. The molecule has 1 fully saturated rings. The Hall–Kier alpha value is -5.44. The number of hydrogen-bond acceptors (Lipinski definition) is 12. The van der Waals surface area contributed by atoms with E-state index < -0.39 is 104 Å². The summed E-state index contributed by atoms with van der Waals surface area (Å²) in [5.41, 5.74) is 10.2. The summed E-state index contributed by atoms with van der Waals surface area (Å²) < 4.78 is 31.8. The molecule has 0 aromatic heterocycles. The molecule has 3 rings (SSSR count). The Balaban J connectivity index is 1.68. The number of likely N-dealkylation sites (N-methyl/N-ethyl adjacent to an activating group) is 2. The number of aliphatic hydroxyl groups is 1. The number of carbonyl (C=O) groups excluding carboxylic acids is 5. The first-order valence-corrected chi connectivity index (χ1v) is 28.2. The van der Waals surface area contributed by atoms with Gasteiger partial charge in [-0.2, -0.15) is 4.67 Å². The van der Waals surface area contributed by atoms with E-state index in [0.29, 0.717) is 38.0 Å². The van der Waals surface area contributed by atoms with Crippen molar-refractivity contribution in [2.45, 2.75) is 149 Å². The van der Waals surface area contributed by atoms with Crippen LogP contribution < -0.4 is 16.0 Å². The van der Waals surface area contributed by atoms with E-state index in [4.69, 9.17) is 19.5 Å². The number of methoxy groups -OCH3 is 2. The fourth-order valence-electron chi connectivity index (χ4n) is 9.91. The van der Waals surface area contributed by atoms with Crippen molar-refractivity contribution in [1.82, 2.24) is 30.4 Å². The number of ether oxygens (including phenoxy) is 2. The normalized spacial score (nSPS) is 18.4. The molecule has 2 unspecified atom stereocenters. The first kappa shape index (κ1) is 65.8. The number of likely N-dealkylation sites (tertiary alicyclic amines) is 1. The molecule has 430 valence electrons. The summed E-state index contributed by atoms with van der Waals surface area (Å²) in [5.74, 6) is -6.12. The van der Waals surface area contributed by atoms with E-state index in [0.717, 1.165) is 35.9 Å². The van der Waals surface area contributed by atoms with Crippen LogP contribution in [0.4, 0.5) is 0 Å². The number of amides is 5. The van der Waals surface area contributed by atoms with Gasteiger partial charge in [0, 0.05) is 57.3 Å². The van der Waals surface area contributed by atoms with Gasteiger partial charge >= 0.3 is 13.7 Å². The van der Waals surface area contributed by atoms with Gasteiger partial charge in [0.05, 0.1) is 49.3 Å². The first-order chi connectivity index (χ1) is 36.3. The number of azide groups is 1. The van der Waals surface area contributed by atoms with Crippen LogP contribution in [0.1, 0.15) is 122 Å². The Morgan fingerprint density at radius 1 is 0.883 bits per heavy atom. The number of benzene rings is 2. The third-order valence-electron chi connectivity index (χ3n) is 14.7. The van der Waals surface area contributed by atoms with Gasteiger partial charge in [-0.25, -0.2) is 9.36 Å². The molecule has 5 amide bonds. The van der Waals surface area contributed by atoms with Crippen LogP contribution in [0.5, 0.6) is 0 Å². The van der Waals surface area contributed by atoms with Crippen molar-refractivity contribution in [3.05, 3.63) is 81.7 Å². The fourth-order valence-corrected chi connectivity index (χ4v) is 11.1. The average Bonchev–Trinajstić information content (AvgIpc) is 3.89. The number of carbonyl (C=O) groups is 6. The van der Waals surface area contributed by atoms with E-state index in [2.05, 4.69) is 26.0 Å². The topological polar surface area (TPSA) is 302 Å². The summed E-state index contributed by atoms with van der Waals surface area (Å²) in [6.45, 7) is 14.4. The average molecular weight is 1100 g/mol. The largest absolute Gasteiger partial charge is 0.480 e. The van der Waals surface area contributed by atoms with E-state index >= 15 is 0 Å². The number of carboxylic acid groups (broad SMARTS) is 1. The van der Waals surface area contributed by atoms with E-state index in [1.165, 1.54) is 38.3 Å². The molecular weight excluding hydrogens is 1010 g/mol. The second-order valence-electron chi connectivity index (χ2n) is 20.9. The van der Waals surface area contributed by atoms with Crippen LogP contribution in [0, 0.1) is 29.6 Å². The summed E-state index contributed by atoms with van der Waals surface area (Å²) >= 11 is 0. The van der Waals surface area contributed by atoms with Crippen LogP contribution in [0.2, 0.25) is 0 Å². The summed E-state index contributed by atoms with van der Waals surface area (Å²) in [4.78, 5) is 99.0. The molecule has 2 aromatic rings. The van der Waals surface area contributed by atoms with Gasteiger partial charge in [-0.15, -0.1) is 0 Å². The number of rotatable bonds is 33. The number of hydrogen-bond donors (Lipinski definition) is 6. The highest BCUT2D eigenvalue weighted by Gasteiger charge is 2.44. The third-order valence-corrected chi connectivity index (χ3v) is 16.3. The molecule has 0 aliphatic carbocycles. The zero-order valence-corrected chi connectivity index (χ0v) is 47.9.